The minimum absolute atomic E-state index is 0.0159. The predicted molar refractivity (Wildman–Crippen MR) is 89.2 cm³/mol. The zero-order valence-electron chi connectivity index (χ0n) is 14.5. The zero-order valence-corrected chi connectivity index (χ0v) is 14.5. The van der Waals surface area contributed by atoms with Crippen molar-refractivity contribution in [1.29, 1.82) is 0 Å². The number of hydrogen-bond acceptors (Lipinski definition) is 4. The van der Waals surface area contributed by atoms with Crippen LogP contribution in [0, 0.1) is 19.7 Å². The van der Waals surface area contributed by atoms with Crippen LogP contribution < -0.4 is 14.8 Å². The maximum absolute atomic E-state index is 13.9. The molecule has 6 nitrogen and oxygen atoms in total. The molecule has 0 fully saturated rings. The number of aromatic amines is 1. The van der Waals surface area contributed by atoms with E-state index >= 15 is 0 Å². The number of carbonyl (C=O) groups is 1. The number of nitrogens with one attached hydrogen (secondary N) is 2. The van der Waals surface area contributed by atoms with E-state index in [2.05, 4.69) is 15.5 Å². The van der Waals surface area contributed by atoms with Gasteiger partial charge >= 0.3 is 0 Å². The van der Waals surface area contributed by atoms with E-state index in [1.807, 2.05) is 20.8 Å². The Kier molecular flexibility index (Phi) is 5.43. The molecule has 0 saturated carbocycles. The molecule has 0 aliphatic rings. The number of amides is 1. The van der Waals surface area contributed by atoms with Crippen LogP contribution in [0.15, 0.2) is 12.1 Å². The largest absolute Gasteiger partial charge is 0.494 e. The number of ether oxygens (including phenoxy) is 2. The van der Waals surface area contributed by atoms with Crippen molar-refractivity contribution in [3.8, 4) is 11.5 Å². The Balaban J connectivity index is 2.14. The Morgan fingerprint density at radius 3 is 2.50 bits per heavy atom. The molecular weight excluding hydrogens is 313 g/mol. The first kappa shape index (κ1) is 17.8. The van der Waals surface area contributed by atoms with Crippen LogP contribution in [0.2, 0.25) is 0 Å². The van der Waals surface area contributed by atoms with Crippen molar-refractivity contribution in [2.75, 3.05) is 19.5 Å². The number of aryl methyl sites for hydroxylation is 2. The van der Waals surface area contributed by atoms with Gasteiger partial charge in [-0.25, -0.2) is 4.39 Å². The van der Waals surface area contributed by atoms with E-state index in [1.54, 1.807) is 0 Å². The highest BCUT2D eigenvalue weighted by atomic mass is 19.1. The van der Waals surface area contributed by atoms with E-state index in [-0.39, 0.29) is 29.7 Å². The van der Waals surface area contributed by atoms with Gasteiger partial charge in [0.1, 0.15) is 5.75 Å². The fourth-order valence-corrected chi connectivity index (χ4v) is 2.82. The summed E-state index contributed by atoms with van der Waals surface area (Å²) >= 11 is 0. The lowest BCUT2D eigenvalue weighted by Crippen LogP contribution is -2.16. The molecule has 1 aromatic carbocycles. The van der Waals surface area contributed by atoms with Crippen LogP contribution in [0.5, 0.6) is 11.5 Å². The molecule has 1 amide bonds. The molecule has 0 radical (unpaired) electrons. The molecule has 2 rings (SSSR count). The van der Waals surface area contributed by atoms with Crippen LogP contribution in [-0.4, -0.2) is 30.3 Å². The second-order valence-electron chi connectivity index (χ2n) is 5.69. The third kappa shape index (κ3) is 3.67. The zero-order chi connectivity index (χ0) is 17.9. The molecule has 7 heteroatoms. The summed E-state index contributed by atoms with van der Waals surface area (Å²) in [7, 11) is 2.82. The molecular formula is C17H22FN3O3. The van der Waals surface area contributed by atoms with E-state index in [9.17, 15) is 9.18 Å². The van der Waals surface area contributed by atoms with Crippen molar-refractivity contribution in [3.63, 3.8) is 0 Å². The van der Waals surface area contributed by atoms with Gasteiger partial charge in [-0.15, -0.1) is 0 Å². The van der Waals surface area contributed by atoms with Crippen LogP contribution in [0.25, 0.3) is 0 Å². The number of benzene rings is 1. The standard InChI is InChI=1S/C17H22FN3O3/c1-9(17-10(2)20-21-11(17)3)6-16(22)19-13-7-12(18)14(23-4)8-15(13)24-5/h7-9H,6H2,1-5H3,(H,19,22)(H,20,21)/t9-/m0/s1. The first-order valence-corrected chi connectivity index (χ1v) is 7.60. The van der Waals surface area contributed by atoms with Gasteiger partial charge in [-0.05, 0) is 25.3 Å². The van der Waals surface area contributed by atoms with Gasteiger partial charge in [-0.3, -0.25) is 9.89 Å². The summed E-state index contributed by atoms with van der Waals surface area (Å²) in [5, 5.41) is 9.76. The molecule has 0 spiro atoms. The Hall–Kier alpha value is -2.57. The molecule has 2 N–H and O–H groups in total. The SMILES string of the molecule is COc1cc(OC)c(NC(=O)C[C@H](C)c2c(C)n[nH]c2C)cc1F. The number of anilines is 1. The van der Waals surface area contributed by atoms with Crippen molar-refractivity contribution in [2.24, 2.45) is 0 Å². The monoisotopic (exact) mass is 335 g/mol. The number of aromatic nitrogens is 2. The van der Waals surface area contributed by atoms with Gasteiger partial charge in [0.2, 0.25) is 5.91 Å². The maximum Gasteiger partial charge on any atom is 0.225 e. The summed E-state index contributed by atoms with van der Waals surface area (Å²) in [4.78, 5) is 12.3. The molecule has 2 aromatic rings. The first-order chi connectivity index (χ1) is 11.4. The van der Waals surface area contributed by atoms with Gasteiger partial charge in [0, 0.05) is 24.2 Å². The molecule has 1 aromatic heterocycles. The summed E-state index contributed by atoms with van der Waals surface area (Å²) in [5.41, 5.74) is 3.12. The molecule has 130 valence electrons. The number of H-pyrrole nitrogens is 1. The summed E-state index contributed by atoms with van der Waals surface area (Å²) in [6.45, 7) is 5.77. The van der Waals surface area contributed by atoms with Crippen molar-refractivity contribution in [3.05, 3.63) is 34.9 Å². The van der Waals surface area contributed by atoms with Gasteiger partial charge in [0.15, 0.2) is 11.6 Å². The Morgan fingerprint density at radius 1 is 1.29 bits per heavy atom. The minimum Gasteiger partial charge on any atom is -0.494 e. The molecule has 1 atom stereocenters. The number of carbonyl (C=O) groups excluding carboxylic acids is 1. The smallest absolute Gasteiger partial charge is 0.225 e. The molecule has 24 heavy (non-hydrogen) atoms. The predicted octanol–water partition coefficient (Wildman–Crippen LogP) is 3.32. The highest BCUT2D eigenvalue weighted by Crippen LogP contribution is 2.32. The Morgan fingerprint density at radius 2 is 1.96 bits per heavy atom. The molecule has 1 heterocycles. The average molecular weight is 335 g/mol. The second kappa shape index (κ2) is 7.33. The maximum atomic E-state index is 13.9. The van der Waals surface area contributed by atoms with Gasteiger partial charge in [-0.2, -0.15) is 5.10 Å². The fourth-order valence-electron chi connectivity index (χ4n) is 2.82. The van der Waals surface area contributed by atoms with Gasteiger partial charge < -0.3 is 14.8 Å². The highest BCUT2D eigenvalue weighted by molar-refractivity contribution is 5.93. The molecule has 0 unspecified atom stereocenters. The van der Waals surface area contributed by atoms with Crippen LogP contribution >= 0.6 is 0 Å². The number of hydrogen-bond donors (Lipinski definition) is 2. The van der Waals surface area contributed by atoms with Crippen molar-refractivity contribution in [2.45, 2.75) is 33.1 Å². The van der Waals surface area contributed by atoms with Crippen molar-refractivity contribution in [1.82, 2.24) is 10.2 Å². The summed E-state index contributed by atoms with van der Waals surface area (Å²) < 4.78 is 24.0. The number of nitrogens with zero attached hydrogens (tertiary/aromatic N) is 1. The molecule has 0 aliphatic carbocycles. The normalized spacial score (nSPS) is 11.9. The first-order valence-electron chi connectivity index (χ1n) is 7.60. The van der Waals surface area contributed by atoms with E-state index in [4.69, 9.17) is 9.47 Å². The van der Waals surface area contributed by atoms with Crippen molar-refractivity contribution < 1.29 is 18.7 Å². The number of methoxy groups -OCH3 is 2. The second-order valence-corrected chi connectivity index (χ2v) is 5.69. The molecule has 0 bridgehead atoms. The van der Waals surface area contributed by atoms with E-state index in [0.29, 0.717) is 5.75 Å². The molecule has 0 saturated heterocycles. The summed E-state index contributed by atoms with van der Waals surface area (Å²) in [6.07, 6.45) is 0.248. The van der Waals surface area contributed by atoms with Crippen LogP contribution in [-0.2, 0) is 4.79 Å². The quantitative estimate of drug-likeness (QED) is 0.849. The number of halogens is 1. The fraction of sp³-hybridized carbons (Fsp3) is 0.412. The molecule has 0 aliphatic heterocycles. The van der Waals surface area contributed by atoms with E-state index < -0.39 is 5.82 Å². The number of rotatable bonds is 6. The lowest BCUT2D eigenvalue weighted by Gasteiger charge is -2.15. The van der Waals surface area contributed by atoms with Crippen LogP contribution in [0.3, 0.4) is 0 Å². The third-order valence-electron chi connectivity index (χ3n) is 3.92. The lowest BCUT2D eigenvalue weighted by atomic mass is 9.95. The summed E-state index contributed by atoms with van der Waals surface area (Å²) in [5.74, 6) is -0.417. The van der Waals surface area contributed by atoms with Gasteiger partial charge in [-0.1, -0.05) is 6.92 Å². The van der Waals surface area contributed by atoms with Crippen LogP contribution in [0.1, 0.15) is 36.2 Å². The average Bonchev–Trinajstić information content (AvgIpc) is 2.86. The van der Waals surface area contributed by atoms with E-state index in [0.717, 1.165) is 17.0 Å². The highest BCUT2D eigenvalue weighted by Gasteiger charge is 2.19. The van der Waals surface area contributed by atoms with Gasteiger partial charge in [0.25, 0.3) is 0 Å². The topological polar surface area (TPSA) is 76.2 Å². The van der Waals surface area contributed by atoms with E-state index in [1.165, 1.54) is 26.4 Å². The lowest BCUT2D eigenvalue weighted by molar-refractivity contribution is -0.116. The third-order valence-corrected chi connectivity index (χ3v) is 3.92. The van der Waals surface area contributed by atoms with Gasteiger partial charge in [0.05, 0.1) is 25.6 Å². The Labute approximate surface area is 140 Å². The summed E-state index contributed by atoms with van der Waals surface area (Å²) in [6, 6.07) is 2.59. The van der Waals surface area contributed by atoms with Crippen LogP contribution in [0.4, 0.5) is 10.1 Å². The van der Waals surface area contributed by atoms with Crippen molar-refractivity contribution >= 4 is 11.6 Å². The Bertz CT molecular complexity index is 723. The minimum atomic E-state index is -0.567.